The van der Waals surface area contributed by atoms with Crippen LogP contribution >= 0.6 is 0 Å². The van der Waals surface area contributed by atoms with Gasteiger partial charge in [-0.3, -0.25) is 9.79 Å². The minimum Gasteiger partial charge on any atom is -0.497 e. The molecule has 1 aliphatic carbocycles. The number of carbonyl (C=O) groups is 1. The number of nitrogens with two attached hydrogens (primary N) is 1. The number of benzene rings is 1. The molecular weight excluding hydrogens is 540 g/mol. The van der Waals surface area contributed by atoms with E-state index in [1.807, 2.05) is 80.1 Å². The van der Waals surface area contributed by atoms with E-state index in [2.05, 4.69) is 10.1 Å². The van der Waals surface area contributed by atoms with Crippen LogP contribution in [0.2, 0.25) is 0 Å². The molecule has 0 bridgehead atoms. The average Bonchev–Trinajstić information content (AvgIpc) is 3.42. The zero-order valence-corrected chi connectivity index (χ0v) is 24.5. The molecule has 3 aromatic rings. The fraction of sp³-hybridized carbons (Fsp3) is 0.448. The lowest BCUT2D eigenvalue weighted by Crippen LogP contribution is -2.41. The van der Waals surface area contributed by atoms with Crippen molar-refractivity contribution in [3.05, 3.63) is 60.1 Å². The highest BCUT2D eigenvalue weighted by molar-refractivity contribution is 6.84. The Kier molecular flexibility index (Phi) is 6.97. The molecule has 1 saturated heterocycles. The Bertz CT molecular complexity index is 1560. The summed E-state index contributed by atoms with van der Waals surface area (Å²) < 4.78 is 33.6. The number of methoxy groups -OCH3 is 1. The Hall–Kier alpha value is -3.97. The van der Waals surface area contributed by atoms with Crippen molar-refractivity contribution in [2.24, 2.45) is 10.7 Å². The van der Waals surface area contributed by atoms with Crippen molar-refractivity contribution >= 4 is 35.8 Å². The van der Waals surface area contributed by atoms with Crippen LogP contribution in [0.15, 0.2) is 53.8 Å². The third-order valence-corrected chi connectivity index (χ3v) is 8.50. The number of aromatic nitrogens is 3. The van der Waals surface area contributed by atoms with Gasteiger partial charge in [-0.15, -0.1) is 5.10 Å². The molecule has 2 fully saturated rings. The number of ether oxygens (including phenoxy) is 1. The molecule has 0 unspecified atom stereocenters. The fourth-order valence-corrected chi connectivity index (χ4v) is 5.13. The first-order valence-corrected chi connectivity index (χ1v) is 14.0. The van der Waals surface area contributed by atoms with E-state index in [9.17, 15) is 9.18 Å². The number of aliphatic imine (C=N–C) groups is 1. The number of primary amides is 1. The summed E-state index contributed by atoms with van der Waals surface area (Å²) in [6.45, 7) is 8.77. The highest BCUT2D eigenvalue weighted by Crippen LogP contribution is 2.39. The number of amides is 1. The molecule has 0 spiro atoms. The van der Waals surface area contributed by atoms with Gasteiger partial charge >= 0.3 is 7.12 Å². The van der Waals surface area contributed by atoms with E-state index in [4.69, 9.17) is 24.8 Å². The summed E-state index contributed by atoms with van der Waals surface area (Å²) in [6, 6.07) is 9.38. The summed E-state index contributed by atoms with van der Waals surface area (Å²) in [5, 5.41) is 4.69. The molecule has 220 valence electrons. The predicted molar refractivity (Wildman–Crippen MR) is 159 cm³/mol. The van der Waals surface area contributed by atoms with Crippen molar-refractivity contribution in [3.8, 4) is 5.75 Å². The maximum Gasteiger partial charge on any atom is 0.514 e. The number of alkyl halides is 1. The molecule has 2 atom stereocenters. The second kappa shape index (κ2) is 10.4. The van der Waals surface area contributed by atoms with E-state index in [-0.39, 0.29) is 18.4 Å². The molecule has 2 aliphatic heterocycles. The zero-order chi connectivity index (χ0) is 29.8. The van der Waals surface area contributed by atoms with Gasteiger partial charge in [0.1, 0.15) is 24.3 Å². The third kappa shape index (κ3) is 5.11. The molecule has 2 aromatic heterocycles. The van der Waals surface area contributed by atoms with E-state index in [0.29, 0.717) is 42.1 Å². The standard InChI is InChI=1S/C29H35BFN7O4/c1-28(2)29(3,4)42-30(41-28)24-11-12-36(17-34-24)25-15-22(27-33-16-23(26(32)39)38(27)35-25)37(21-14-20(21)31)13-10-18-6-8-19(40-5)9-7-18/h6-9,11-12,15-16,20-21H,10,13-14,17H2,1-5H3,(H2,32,39)/t20-,21+/m0/s1. The monoisotopic (exact) mass is 575 g/mol. The molecular formula is C29H35BFN7O4. The van der Waals surface area contributed by atoms with Gasteiger partial charge in [0.25, 0.3) is 5.91 Å². The molecule has 6 rings (SSSR count). The largest absolute Gasteiger partial charge is 0.514 e. The lowest BCUT2D eigenvalue weighted by atomic mass is 9.81. The minimum atomic E-state index is -0.954. The number of anilines is 2. The molecule has 1 aromatic carbocycles. The highest BCUT2D eigenvalue weighted by atomic mass is 19.1. The number of halogens is 1. The normalized spacial score (nSPS) is 22.4. The summed E-state index contributed by atoms with van der Waals surface area (Å²) in [7, 11) is 1.04. The van der Waals surface area contributed by atoms with Gasteiger partial charge in [-0.2, -0.15) is 0 Å². The van der Waals surface area contributed by atoms with Crippen LogP contribution in [0.25, 0.3) is 5.65 Å². The molecule has 1 amide bonds. The van der Waals surface area contributed by atoms with E-state index in [0.717, 1.165) is 11.3 Å². The van der Waals surface area contributed by atoms with Crippen LogP contribution in [0.5, 0.6) is 5.75 Å². The van der Waals surface area contributed by atoms with E-state index in [1.54, 1.807) is 7.11 Å². The highest BCUT2D eigenvalue weighted by Gasteiger charge is 2.53. The summed E-state index contributed by atoms with van der Waals surface area (Å²) >= 11 is 0. The van der Waals surface area contributed by atoms with Crippen LogP contribution in [-0.2, 0) is 15.7 Å². The van der Waals surface area contributed by atoms with Crippen molar-refractivity contribution in [3.63, 3.8) is 0 Å². The molecule has 2 N–H and O–H groups in total. The predicted octanol–water partition coefficient (Wildman–Crippen LogP) is 3.36. The van der Waals surface area contributed by atoms with Crippen molar-refractivity contribution in [2.75, 3.05) is 30.1 Å². The topological polar surface area (TPSA) is 120 Å². The maximum atomic E-state index is 14.6. The van der Waals surface area contributed by atoms with Gasteiger partial charge < -0.3 is 29.6 Å². The Morgan fingerprint density at radius 2 is 1.90 bits per heavy atom. The lowest BCUT2D eigenvalue weighted by Gasteiger charge is -2.32. The summed E-state index contributed by atoms with van der Waals surface area (Å²) in [5.41, 5.74) is 7.70. The number of fused-ring (bicyclic) bond motifs is 1. The van der Waals surface area contributed by atoms with Gasteiger partial charge in [0.15, 0.2) is 11.5 Å². The first-order valence-electron chi connectivity index (χ1n) is 14.0. The van der Waals surface area contributed by atoms with Crippen molar-refractivity contribution in [1.29, 1.82) is 0 Å². The molecule has 11 nitrogen and oxygen atoms in total. The fourth-order valence-electron chi connectivity index (χ4n) is 5.13. The second-order valence-corrected chi connectivity index (χ2v) is 11.8. The van der Waals surface area contributed by atoms with Crippen molar-refractivity contribution < 1.29 is 23.2 Å². The van der Waals surface area contributed by atoms with Crippen LogP contribution in [0.3, 0.4) is 0 Å². The van der Waals surface area contributed by atoms with Gasteiger partial charge in [0.2, 0.25) is 0 Å². The lowest BCUT2D eigenvalue weighted by molar-refractivity contribution is 0.00578. The number of hydrogen-bond acceptors (Lipinski definition) is 9. The molecule has 1 saturated carbocycles. The minimum absolute atomic E-state index is 0.137. The Morgan fingerprint density at radius 3 is 2.48 bits per heavy atom. The molecule has 3 aliphatic rings. The molecule has 42 heavy (non-hydrogen) atoms. The van der Waals surface area contributed by atoms with Gasteiger partial charge in [0, 0.05) is 25.2 Å². The van der Waals surface area contributed by atoms with Crippen molar-refractivity contribution in [1.82, 2.24) is 14.6 Å². The smallest absolute Gasteiger partial charge is 0.497 e. The van der Waals surface area contributed by atoms with E-state index >= 15 is 0 Å². The van der Waals surface area contributed by atoms with Crippen LogP contribution in [0, 0.1) is 0 Å². The number of allylic oxidation sites excluding steroid dienone is 1. The van der Waals surface area contributed by atoms with Crippen LogP contribution < -0.4 is 20.3 Å². The number of carbonyl (C=O) groups excluding carboxylic acids is 1. The molecule has 13 heteroatoms. The Morgan fingerprint density at radius 1 is 1.21 bits per heavy atom. The number of nitrogens with zero attached hydrogens (tertiary/aromatic N) is 6. The summed E-state index contributed by atoms with van der Waals surface area (Å²) in [4.78, 5) is 25.3. The van der Waals surface area contributed by atoms with Crippen LogP contribution in [0.1, 0.15) is 50.2 Å². The molecule has 4 heterocycles. The quantitative estimate of drug-likeness (QED) is 0.386. The van der Waals surface area contributed by atoms with Gasteiger partial charge in [-0.1, -0.05) is 12.1 Å². The molecule has 0 radical (unpaired) electrons. The number of hydrogen-bond donors (Lipinski definition) is 1. The summed E-state index contributed by atoms with van der Waals surface area (Å²) in [5.74, 6) is 0.627. The second-order valence-electron chi connectivity index (χ2n) is 11.8. The first kappa shape index (κ1) is 28.2. The Labute approximate surface area is 244 Å². The van der Waals surface area contributed by atoms with E-state index in [1.165, 1.54) is 10.7 Å². The van der Waals surface area contributed by atoms with Gasteiger partial charge in [0.05, 0.1) is 41.8 Å². The Balaban J connectivity index is 1.31. The maximum absolute atomic E-state index is 14.6. The summed E-state index contributed by atoms with van der Waals surface area (Å²) in [6.07, 6.45) is 5.22. The number of imidazole rings is 1. The average molecular weight is 575 g/mol. The third-order valence-electron chi connectivity index (χ3n) is 8.50. The SMILES string of the molecule is COc1ccc(CCN(c2cc(N3C=CC(B4OC(C)(C)C(C)(C)O4)=NC3)nn3c(C(N)=O)cnc23)[C@@H]2C[C@@H]2F)cc1. The van der Waals surface area contributed by atoms with Crippen molar-refractivity contribution in [2.45, 2.75) is 64.0 Å². The van der Waals surface area contributed by atoms with Crippen LogP contribution in [0.4, 0.5) is 15.9 Å². The van der Waals surface area contributed by atoms with E-state index < -0.39 is 30.4 Å². The first-order chi connectivity index (χ1) is 20.0. The van der Waals surface area contributed by atoms with Gasteiger partial charge in [-0.25, -0.2) is 13.9 Å². The zero-order valence-electron chi connectivity index (χ0n) is 24.5. The number of rotatable bonds is 9. The van der Waals surface area contributed by atoms with Gasteiger partial charge in [-0.05, 0) is 57.9 Å². The van der Waals surface area contributed by atoms with Crippen LogP contribution in [-0.4, -0.2) is 77.0 Å².